The highest BCUT2D eigenvalue weighted by atomic mass is 16.2. The molecule has 0 bridgehead atoms. The Morgan fingerprint density at radius 1 is 0.893 bits per heavy atom. The first-order chi connectivity index (χ1) is 13.7. The maximum atomic E-state index is 12.9. The molecule has 0 unspecified atom stereocenters. The van der Waals surface area contributed by atoms with E-state index in [4.69, 9.17) is 0 Å². The van der Waals surface area contributed by atoms with Crippen LogP contribution in [0.15, 0.2) is 54.6 Å². The van der Waals surface area contributed by atoms with E-state index in [1.165, 1.54) is 5.69 Å². The number of unbranched alkanes of at least 4 members (excludes halogenated alkanes) is 2. The number of rotatable bonds is 7. The first kappa shape index (κ1) is 19.9. The summed E-state index contributed by atoms with van der Waals surface area (Å²) in [6.07, 6.45) is 3.21. The fourth-order valence-electron chi connectivity index (χ4n) is 3.46. The van der Waals surface area contributed by atoms with Crippen molar-refractivity contribution in [1.82, 2.24) is 10.2 Å². The average molecular weight is 380 g/mol. The highest BCUT2D eigenvalue weighted by Crippen LogP contribution is 2.17. The zero-order valence-corrected chi connectivity index (χ0v) is 16.6. The van der Waals surface area contributed by atoms with Crippen molar-refractivity contribution in [2.75, 3.05) is 37.6 Å². The molecule has 5 heteroatoms. The molecule has 1 aliphatic heterocycles. The lowest BCUT2D eigenvalue weighted by Gasteiger charge is -2.36. The van der Waals surface area contributed by atoms with Gasteiger partial charge in [0.05, 0.1) is 0 Å². The third-order valence-corrected chi connectivity index (χ3v) is 5.13. The van der Waals surface area contributed by atoms with Crippen molar-refractivity contribution in [1.29, 1.82) is 0 Å². The minimum atomic E-state index is -0.111. The molecule has 1 saturated heterocycles. The van der Waals surface area contributed by atoms with Gasteiger partial charge in [-0.2, -0.15) is 0 Å². The third kappa shape index (κ3) is 5.12. The second kappa shape index (κ2) is 9.93. The Morgan fingerprint density at radius 2 is 1.61 bits per heavy atom. The Balaban J connectivity index is 1.57. The number of nitrogens with one attached hydrogen (secondary N) is 1. The van der Waals surface area contributed by atoms with E-state index in [1.807, 2.05) is 23.1 Å². The van der Waals surface area contributed by atoms with Crippen molar-refractivity contribution in [2.24, 2.45) is 0 Å². The van der Waals surface area contributed by atoms with Crippen LogP contribution in [0, 0.1) is 0 Å². The molecule has 0 atom stereocenters. The molecule has 2 amide bonds. The first-order valence-corrected chi connectivity index (χ1v) is 10.2. The number of nitrogens with zero attached hydrogens (tertiary/aromatic N) is 2. The molecule has 0 radical (unpaired) electrons. The lowest BCUT2D eigenvalue weighted by atomic mass is 10.1. The number of hydrogen-bond acceptors (Lipinski definition) is 3. The minimum absolute atomic E-state index is 0.00616. The highest BCUT2D eigenvalue weighted by molar-refractivity contribution is 5.99. The van der Waals surface area contributed by atoms with Crippen LogP contribution in [0.5, 0.6) is 0 Å². The van der Waals surface area contributed by atoms with Crippen LogP contribution in [0.1, 0.15) is 46.9 Å². The summed E-state index contributed by atoms with van der Waals surface area (Å²) in [5.74, 6) is -0.118. The molecule has 1 fully saturated rings. The van der Waals surface area contributed by atoms with Gasteiger partial charge < -0.3 is 15.1 Å². The van der Waals surface area contributed by atoms with E-state index in [0.717, 1.165) is 32.4 Å². The van der Waals surface area contributed by atoms with Gasteiger partial charge in [0.25, 0.3) is 11.8 Å². The Morgan fingerprint density at radius 3 is 2.32 bits per heavy atom. The number of amides is 2. The fraction of sp³-hybridized carbons (Fsp3) is 0.391. The Bertz CT molecular complexity index is 783. The molecule has 0 aromatic heterocycles. The summed E-state index contributed by atoms with van der Waals surface area (Å²) in [5, 5.41) is 2.93. The van der Waals surface area contributed by atoms with E-state index in [1.54, 1.807) is 24.3 Å². The second-order valence-electron chi connectivity index (χ2n) is 7.16. The Hall–Kier alpha value is -2.82. The molecule has 1 heterocycles. The van der Waals surface area contributed by atoms with Gasteiger partial charge in [-0.05, 0) is 36.8 Å². The van der Waals surface area contributed by atoms with E-state index in [2.05, 4.69) is 29.3 Å². The summed E-state index contributed by atoms with van der Waals surface area (Å²) in [6, 6.07) is 17.3. The van der Waals surface area contributed by atoms with Crippen LogP contribution in [0.3, 0.4) is 0 Å². The van der Waals surface area contributed by atoms with Crippen LogP contribution in [0.4, 0.5) is 5.69 Å². The van der Waals surface area contributed by atoms with Crippen molar-refractivity contribution < 1.29 is 9.59 Å². The quantitative estimate of drug-likeness (QED) is 0.749. The van der Waals surface area contributed by atoms with Crippen LogP contribution in [-0.4, -0.2) is 49.4 Å². The molecule has 0 spiro atoms. The molecule has 148 valence electrons. The van der Waals surface area contributed by atoms with Crippen LogP contribution >= 0.6 is 0 Å². The van der Waals surface area contributed by atoms with Gasteiger partial charge in [-0.1, -0.05) is 44.0 Å². The SMILES string of the molecule is CCCCCNC(=O)c1cccc(C(=O)N2CCN(c3ccccc3)CC2)c1. The number of piperazine rings is 1. The van der Waals surface area contributed by atoms with Gasteiger partial charge in [0.1, 0.15) is 0 Å². The molecule has 0 saturated carbocycles. The fourth-order valence-corrected chi connectivity index (χ4v) is 3.46. The number of carbonyl (C=O) groups is 2. The van der Waals surface area contributed by atoms with Gasteiger partial charge in [-0.15, -0.1) is 0 Å². The molecule has 5 nitrogen and oxygen atoms in total. The zero-order chi connectivity index (χ0) is 19.8. The van der Waals surface area contributed by atoms with Crippen LogP contribution in [-0.2, 0) is 0 Å². The predicted molar refractivity (Wildman–Crippen MR) is 113 cm³/mol. The monoisotopic (exact) mass is 379 g/mol. The smallest absolute Gasteiger partial charge is 0.253 e. The lowest BCUT2D eigenvalue weighted by molar-refractivity contribution is 0.0747. The van der Waals surface area contributed by atoms with Crippen molar-refractivity contribution in [3.63, 3.8) is 0 Å². The standard InChI is InChI=1S/C23H29N3O2/c1-2-3-7-13-24-22(27)19-9-8-10-20(18-19)23(28)26-16-14-25(15-17-26)21-11-5-4-6-12-21/h4-6,8-12,18H,2-3,7,13-17H2,1H3,(H,24,27). The summed E-state index contributed by atoms with van der Waals surface area (Å²) in [6.45, 7) is 5.80. The van der Waals surface area contributed by atoms with Gasteiger partial charge in [-0.3, -0.25) is 9.59 Å². The van der Waals surface area contributed by atoms with Crippen molar-refractivity contribution in [3.05, 3.63) is 65.7 Å². The molecule has 3 rings (SSSR count). The highest BCUT2D eigenvalue weighted by Gasteiger charge is 2.22. The van der Waals surface area contributed by atoms with Gasteiger partial charge in [0.2, 0.25) is 0 Å². The van der Waals surface area contributed by atoms with Gasteiger partial charge in [0, 0.05) is 49.5 Å². The molecular weight excluding hydrogens is 350 g/mol. The number of benzene rings is 2. The van der Waals surface area contributed by atoms with E-state index >= 15 is 0 Å². The topological polar surface area (TPSA) is 52.7 Å². The summed E-state index contributed by atoms with van der Waals surface area (Å²) in [5.41, 5.74) is 2.32. The molecule has 2 aromatic carbocycles. The zero-order valence-electron chi connectivity index (χ0n) is 16.6. The maximum absolute atomic E-state index is 12.9. The van der Waals surface area contributed by atoms with E-state index in [-0.39, 0.29) is 11.8 Å². The second-order valence-corrected chi connectivity index (χ2v) is 7.16. The summed E-state index contributed by atoms with van der Waals surface area (Å²) < 4.78 is 0. The van der Waals surface area contributed by atoms with E-state index in [9.17, 15) is 9.59 Å². The third-order valence-electron chi connectivity index (χ3n) is 5.13. The largest absolute Gasteiger partial charge is 0.368 e. The molecular formula is C23H29N3O2. The molecule has 28 heavy (non-hydrogen) atoms. The Kier molecular flexibility index (Phi) is 7.06. The van der Waals surface area contributed by atoms with Gasteiger partial charge >= 0.3 is 0 Å². The van der Waals surface area contributed by atoms with E-state index in [0.29, 0.717) is 30.8 Å². The number of hydrogen-bond donors (Lipinski definition) is 1. The van der Waals surface area contributed by atoms with Crippen LogP contribution < -0.4 is 10.2 Å². The summed E-state index contributed by atoms with van der Waals surface area (Å²) in [4.78, 5) is 29.4. The van der Waals surface area contributed by atoms with Gasteiger partial charge in [-0.25, -0.2) is 0 Å². The van der Waals surface area contributed by atoms with Crippen molar-refractivity contribution >= 4 is 17.5 Å². The molecule has 0 aliphatic carbocycles. The molecule has 1 aliphatic rings. The molecule has 2 aromatic rings. The number of para-hydroxylation sites is 1. The number of carbonyl (C=O) groups excluding carboxylic acids is 2. The van der Waals surface area contributed by atoms with Crippen LogP contribution in [0.2, 0.25) is 0 Å². The Labute approximate surface area is 167 Å². The molecule has 1 N–H and O–H groups in total. The maximum Gasteiger partial charge on any atom is 0.253 e. The van der Waals surface area contributed by atoms with Gasteiger partial charge in [0.15, 0.2) is 0 Å². The predicted octanol–water partition coefficient (Wildman–Crippen LogP) is 3.57. The minimum Gasteiger partial charge on any atom is -0.368 e. The van der Waals surface area contributed by atoms with Crippen molar-refractivity contribution in [3.8, 4) is 0 Å². The average Bonchev–Trinajstić information content (AvgIpc) is 2.77. The lowest BCUT2D eigenvalue weighted by Crippen LogP contribution is -2.48. The summed E-state index contributed by atoms with van der Waals surface area (Å²) >= 11 is 0. The van der Waals surface area contributed by atoms with E-state index < -0.39 is 0 Å². The van der Waals surface area contributed by atoms with Crippen LogP contribution in [0.25, 0.3) is 0 Å². The summed E-state index contributed by atoms with van der Waals surface area (Å²) in [7, 11) is 0. The number of anilines is 1. The first-order valence-electron chi connectivity index (χ1n) is 10.2. The van der Waals surface area contributed by atoms with Crippen molar-refractivity contribution in [2.45, 2.75) is 26.2 Å². The normalized spacial score (nSPS) is 14.0.